The summed E-state index contributed by atoms with van der Waals surface area (Å²) in [5.41, 5.74) is 0.00507. The maximum Gasteiger partial charge on any atom is 0.0840 e. The van der Waals surface area contributed by atoms with E-state index in [1.165, 1.54) is 12.8 Å². The SMILES string of the molecule is CC#CCC(NC)C1(OC)CCC(C)CC1. The van der Waals surface area contributed by atoms with Crippen LogP contribution in [0.25, 0.3) is 0 Å². The van der Waals surface area contributed by atoms with E-state index in [4.69, 9.17) is 4.74 Å². The maximum atomic E-state index is 5.85. The van der Waals surface area contributed by atoms with E-state index in [2.05, 4.69) is 24.1 Å². The Morgan fingerprint density at radius 3 is 2.50 bits per heavy atom. The van der Waals surface area contributed by atoms with Crippen molar-refractivity contribution in [2.45, 2.75) is 57.6 Å². The Hall–Kier alpha value is -0.520. The van der Waals surface area contributed by atoms with Crippen molar-refractivity contribution in [3.05, 3.63) is 0 Å². The molecule has 1 N–H and O–H groups in total. The van der Waals surface area contributed by atoms with Crippen LogP contribution in [0.3, 0.4) is 0 Å². The molecular formula is C14H25NO. The van der Waals surface area contributed by atoms with Gasteiger partial charge in [-0.2, -0.15) is 0 Å². The van der Waals surface area contributed by atoms with Gasteiger partial charge in [0.05, 0.1) is 5.60 Å². The minimum atomic E-state index is 0.00507. The first kappa shape index (κ1) is 13.5. The number of rotatable bonds is 4. The average molecular weight is 223 g/mol. The van der Waals surface area contributed by atoms with Gasteiger partial charge in [-0.05, 0) is 45.6 Å². The summed E-state index contributed by atoms with van der Waals surface area (Å²) in [6.07, 6.45) is 5.73. The quantitative estimate of drug-likeness (QED) is 0.740. The summed E-state index contributed by atoms with van der Waals surface area (Å²) in [6.45, 7) is 4.23. The van der Waals surface area contributed by atoms with Crippen LogP contribution in [-0.2, 0) is 4.74 Å². The van der Waals surface area contributed by atoms with Gasteiger partial charge in [0.1, 0.15) is 0 Å². The lowest BCUT2D eigenvalue weighted by Gasteiger charge is -2.43. The summed E-state index contributed by atoms with van der Waals surface area (Å²) in [4.78, 5) is 0. The van der Waals surface area contributed by atoms with Crippen LogP contribution < -0.4 is 5.32 Å². The van der Waals surface area contributed by atoms with Crippen LogP contribution in [0.15, 0.2) is 0 Å². The highest BCUT2D eigenvalue weighted by Crippen LogP contribution is 2.37. The summed E-state index contributed by atoms with van der Waals surface area (Å²) in [6, 6.07) is 0.359. The topological polar surface area (TPSA) is 21.3 Å². The molecule has 0 saturated heterocycles. The van der Waals surface area contributed by atoms with Crippen molar-refractivity contribution in [2.75, 3.05) is 14.2 Å². The Balaban J connectivity index is 2.71. The molecule has 0 aliphatic heterocycles. The number of likely N-dealkylation sites (N-methyl/N-ethyl adjacent to an activating group) is 1. The Bertz CT molecular complexity index is 256. The molecule has 0 amide bonds. The highest BCUT2D eigenvalue weighted by Gasteiger charge is 2.40. The molecule has 0 heterocycles. The Morgan fingerprint density at radius 2 is 2.06 bits per heavy atom. The maximum absolute atomic E-state index is 5.85. The molecule has 1 unspecified atom stereocenters. The largest absolute Gasteiger partial charge is 0.377 e. The molecule has 0 radical (unpaired) electrons. The molecule has 1 rings (SSSR count). The zero-order chi connectivity index (χ0) is 12.0. The summed E-state index contributed by atoms with van der Waals surface area (Å²) in [7, 11) is 3.86. The van der Waals surface area contributed by atoms with Gasteiger partial charge in [0, 0.05) is 19.6 Å². The number of hydrogen-bond donors (Lipinski definition) is 1. The first-order chi connectivity index (χ1) is 7.68. The van der Waals surface area contributed by atoms with E-state index in [1.807, 2.05) is 21.1 Å². The molecule has 1 aliphatic rings. The molecule has 1 fully saturated rings. The summed E-state index contributed by atoms with van der Waals surface area (Å²) >= 11 is 0. The molecule has 1 atom stereocenters. The van der Waals surface area contributed by atoms with Gasteiger partial charge in [-0.1, -0.05) is 6.92 Å². The lowest BCUT2D eigenvalue weighted by Crippen LogP contribution is -2.52. The van der Waals surface area contributed by atoms with Gasteiger partial charge < -0.3 is 10.1 Å². The standard InChI is InChI=1S/C14H25NO/c1-5-6-7-13(15-3)14(16-4)10-8-12(2)9-11-14/h12-13,15H,7-11H2,1-4H3. The highest BCUT2D eigenvalue weighted by atomic mass is 16.5. The second-order valence-electron chi connectivity index (χ2n) is 4.92. The Morgan fingerprint density at radius 1 is 1.44 bits per heavy atom. The minimum Gasteiger partial charge on any atom is -0.377 e. The molecule has 0 aromatic carbocycles. The first-order valence-corrected chi connectivity index (χ1v) is 6.30. The monoisotopic (exact) mass is 223 g/mol. The van der Waals surface area contributed by atoms with Crippen molar-refractivity contribution in [1.29, 1.82) is 0 Å². The van der Waals surface area contributed by atoms with E-state index >= 15 is 0 Å². The highest BCUT2D eigenvalue weighted by molar-refractivity contribution is 5.05. The van der Waals surface area contributed by atoms with Crippen LogP contribution in [-0.4, -0.2) is 25.8 Å². The fourth-order valence-corrected chi connectivity index (χ4v) is 2.70. The predicted molar refractivity (Wildman–Crippen MR) is 68.3 cm³/mol. The minimum absolute atomic E-state index is 0.00507. The van der Waals surface area contributed by atoms with Crippen LogP contribution >= 0.6 is 0 Å². The van der Waals surface area contributed by atoms with Crippen LogP contribution in [0.5, 0.6) is 0 Å². The zero-order valence-electron chi connectivity index (χ0n) is 11.1. The predicted octanol–water partition coefficient (Wildman–Crippen LogP) is 2.58. The van der Waals surface area contributed by atoms with E-state index in [0.29, 0.717) is 6.04 Å². The summed E-state index contributed by atoms with van der Waals surface area (Å²) in [5.74, 6) is 7.00. The van der Waals surface area contributed by atoms with Crippen molar-refractivity contribution < 1.29 is 4.74 Å². The summed E-state index contributed by atoms with van der Waals surface area (Å²) < 4.78 is 5.85. The number of hydrogen-bond acceptors (Lipinski definition) is 2. The van der Waals surface area contributed by atoms with Gasteiger partial charge in [0.25, 0.3) is 0 Å². The van der Waals surface area contributed by atoms with Gasteiger partial charge in [0.15, 0.2) is 0 Å². The van der Waals surface area contributed by atoms with Gasteiger partial charge >= 0.3 is 0 Å². The average Bonchev–Trinajstić information content (AvgIpc) is 2.32. The van der Waals surface area contributed by atoms with Crippen LogP contribution in [0, 0.1) is 17.8 Å². The zero-order valence-corrected chi connectivity index (χ0v) is 11.1. The van der Waals surface area contributed by atoms with Gasteiger partial charge in [-0.3, -0.25) is 0 Å². The van der Waals surface area contributed by atoms with Crippen molar-refractivity contribution >= 4 is 0 Å². The normalized spacial score (nSPS) is 31.6. The molecule has 2 heteroatoms. The molecular weight excluding hydrogens is 198 g/mol. The van der Waals surface area contributed by atoms with Gasteiger partial charge in [0.2, 0.25) is 0 Å². The van der Waals surface area contributed by atoms with Gasteiger partial charge in [-0.15, -0.1) is 11.8 Å². The molecule has 2 nitrogen and oxygen atoms in total. The second kappa shape index (κ2) is 6.27. The second-order valence-corrected chi connectivity index (χ2v) is 4.92. The third-order valence-corrected chi connectivity index (χ3v) is 3.99. The molecule has 0 aromatic heterocycles. The fourth-order valence-electron chi connectivity index (χ4n) is 2.70. The molecule has 16 heavy (non-hydrogen) atoms. The number of methoxy groups -OCH3 is 1. The van der Waals surface area contributed by atoms with Crippen molar-refractivity contribution in [2.24, 2.45) is 5.92 Å². The lowest BCUT2D eigenvalue weighted by atomic mass is 9.74. The van der Waals surface area contributed by atoms with E-state index in [9.17, 15) is 0 Å². The lowest BCUT2D eigenvalue weighted by molar-refractivity contribution is -0.0720. The number of ether oxygens (including phenoxy) is 1. The molecule has 0 spiro atoms. The third-order valence-electron chi connectivity index (χ3n) is 3.99. The van der Waals surface area contributed by atoms with Crippen molar-refractivity contribution in [3.63, 3.8) is 0 Å². The Kier molecular flexibility index (Phi) is 5.31. The third kappa shape index (κ3) is 2.99. The van der Waals surface area contributed by atoms with E-state index in [0.717, 1.165) is 25.2 Å². The van der Waals surface area contributed by atoms with E-state index in [-0.39, 0.29) is 5.60 Å². The van der Waals surface area contributed by atoms with Crippen LogP contribution in [0.4, 0.5) is 0 Å². The Labute approximate surface area is 100 Å². The van der Waals surface area contributed by atoms with Crippen LogP contribution in [0.1, 0.15) is 46.0 Å². The molecule has 0 aromatic rings. The van der Waals surface area contributed by atoms with Crippen molar-refractivity contribution in [1.82, 2.24) is 5.32 Å². The van der Waals surface area contributed by atoms with Crippen LogP contribution in [0.2, 0.25) is 0 Å². The van der Waals surface area contributed by atoms with E-state index in [1.54, 1.807) is 0 Å². The smallest absolute Gasteiger partial charge is 0.0840 e. The molecule has 0 bridgehead atoms. The fraction of sp³-hybridized carbons (Fsp3) is 0.857. The van der Waals surface area contributed by atoms with E-state index < -0.39 is 0 Å². The summed E-state index contributed by atoms with van der Waals surface area (Å²) in [5, 5.41) is 3.39. The number of nitrogens with one attached hydrogen (secondary N) is 1. The molecule has 1 saturated carbocycles. The first-order valence-electron chi connectivity index (χ1n) is 6.30. The van der Waals surface area contributed by atoms with Gasteiger partial charge in [-0.25, -0.2) is 0 Å². The van der Waals surface area contributed by atoms with Crippen molar-refractivity contribution in [3.8, 4) is 11.8 Å². The molecule has 92 valence electrons. The molecule has 1 aliphatic carbocycles.